The van der Waals surface area contributed by atoms with Gasteiger partial charge in [0.25, 0.3) is 5.56 Å². The summed E-state index contributed by atoms with van der Waals surface area (Å²) in [6, 6.07) is 19.4. The molecule has 0 unspecified atom stereocenters. The minimum atomic E-state index is -0.123. The maximum Gasteiger partial charge on any atom is 0.258 e. The first kappa shape index (κ1) is 27.0. The summed E-state index contributed by atoms with van der Waals surface area (Å²) in [6.07, 6.45) is 7.40. The largest absolute Gasteiger partial charge is 0.489 e. The van der Waals surface area contributed by atoms with Gasteiger partial charge >= 0.3 is 0 Å². The number of hydrogen-bond acceptors (Lipinski definition) is 4. The van der Waals surface area contributed by atoms with Crippen molar-refractivity contribution in [3.05, 3.63) is 89.0 Å². The van der Waals surface area contributed by atoms with Crippen molar-refractivity contribution in [1.82, 2.24) is 19.2 Å². The second kappa shape index (κ2) is 10.7. The van der Waals surface area contributed by atoms with Gasteiger partial charge in [-0.1, -0.05) is 30.3 Å². The molecule has 1 aliphatic rings. The van der Waals surface area contributed by atoms with Crippen LogP contribution in [0.25, 0.3) is 16.6 Å². The molecule has 1 fully saturated rings. The fourth-order valence-electron chi connectivity index (χ4n) is 5.75. The number of halogens is 1. The number of aromatic nitrogens is 3. The lowest BCUT2D eigenvalue weighted by Crippen LogP contribution is -2.59. The predicted molar refractivity (Wildman–Crippen MR) is 152 cm³/mol. The van der Waals surface area contributed by atoms with Crippen LogP contribution in [0.3, 0.4) is 0 Å². The van der Waals surface area contributed by atoms with Gasteiger partial charge in [0.1, 0.15) is 12.4 Å². The molecule has 37 heavy (non-hydrogen) atoms. The molecular weight excluding hydrogens is 484 g/mol. The third-order valence-corrected chi connectivity index (χ3v) is 7.62. The zero-order valence-corrected chi connectivity index (χ0v) is 23.0. The normalized spacial score (nSPS) is 16.9. The van der Waals surface area contributed by atoms with E-state index in [-0.39, 0.29) is 29.0 Å². The highest BCUT2D eigenvalue weighted by atomic mass is 35.5. The van der Waals surface area contributed by atoms with Crippen molar-refractivity contribution in [2.45, 2.75) is 71.2 Å². The van der Waals surface area contributed by atoms with Crippen LogP contribution in [-0.4, -0.2) is 36.9 Å². The lowest BCUT2D eigenvalue weighted by Gasteiger charge is -2.53. The van der Waals surface area contributed by atoms with E-state index in [9.17, 15) is 4.79 Å². The van der Waals surface area contributed by atoms with Gasteiger partial charge in [-0.05, 0) is 76.8 Å². The zero-order chi connectivity index (χ0) is 25.3. The van der Waals surface area contributed by atoms with Gasteiger partial charge in [0.05, 0.1) is 18.3 Å². The van der Waals surface area contributed by atoms with Crippen LogP contribution in [0.1, 0.15) is 52.5 Å². The molecule has 3 heterocycles. The summed E-state index contributed by atoms with van der Waals surface area (Å²) in [5.41, 5.74) is 3.23. The van der Waals surface area contributed by atoms with Gasteiger partial charge in [-0.15, -0.1) is 12.4 Å². The van der Waals surface area contributed by atoms with Gasteiger partial charge in [-0.25, -0.2) is 0 Å². The summed E-state index contributed by atoms with van der Waals surface area (Å²) in [6.45, 7) is 11.7. The molecule has 0 atom stereocenters. The summed E-state index contributed by atoms with van der Waals surface area (Å²) in [5, 5.41) is 5.71. The maximum absolute atomic E-state index is 12.8. The number of rotatable bonds is 7. The quantitative estimate of drug-likeness (QED) is 0.290. The van der Waals surface area contributed by atoms with Crippen LogP contribution >= 0.6 is 12.4 Å². The minimum Gasteiger partial charge on any atom is -0.489 e. The second-order valence-electron chi connectivity index (χ2n) is 11.1. The van der Waals surface area contributed by atoms with Crippen LogP contribution in [0.5, 0.6) is 5.75 Å². The highest BCUT2D eigenvalue weighted by Crippen LogP contribution is 2.38. The van der Waals surface area contributed by atoms with Crippen LogP contribution in [0, 0.1) is 0 Å². The Morgan fingerprint density at radius 2 is 1.65 bits per heavy atom. The first-order chi connectivity index (χ1) is 17.2. The van der Waals surface area contributed by atoms with E-state index in [4.69, 9.17) is 4.74 Å². The van der Waals surface area contributed by atoms with E-state index in [0.29, 0.717) is 12.4 Å². The van der Waals surface area contributed by atoms with Gasteiger partial charge in [0, 0.05) is 41.0 Å². The van der Waals surface area contributed by atoms with Crippen LogP contribution in [0.2, 0.25) is 0 Å². The van der Waals surface area contributed by atoms with Gasteiger partial charge in [0.2, 0.25) is 0 Å². The Morgan fingerprint density at radius 3 is 2.35 bits per heavy atom. The lowest BCUT2D eigenvalue weighted by molar-refractivity contribution is -0.0292. The fraction of sp³-hybridized carbons (Fsp3) is 0.400. The van der Waals surface area contributed by atoms with E-state index in [1.807, 2.05) is 54.7 Å². The molecule has 7 heteroatoms. The number of fused-ring (bicyclic) bond motifs is 1. The molecule has 0 aliphatic carbocycles. The highest BCUT2D eigenvalue weighted by molar-refractivity contribution is 5.85. The van der Waals surface area contributed by atoms with Gasteiger partial charge < -0.3 is 4.74 Å². The predicted octanol–water partition coefficient (Wildman–Crippen LogP) is 6.23. The molecule has 0 N–H and O–H groups in total. The molecule has 4 aromatic rings. The Kier molecular flexibility index (Phi) is 7.81. The topological polar surface area (TPSA) is 52.3 Å². The van der Waals surface area contributed by atoms with E-state index in [1.54, 1.807) is 16.8 Å². The zero-order valence-electron chi connectivity index (χ0n) is 22.2. The molecule has 1 aliphatic heterocycles. The lowest BCUT2D eigenvalue weighted by atomic mass is 9.80. The third-order valence-electron chi connectivity index (χ3n) is 7.62. The molecule has 196 valence electrons. The number of hydrogen-bond donors (Lipinski definition) is 0. The molecule has 6 nitrogen and oxygen atoms in total. The number of likely N-dealkylation sites (tertiary alicyclic amines) is 1. The first-order valence-electron chi connectivity index (χ1n) is 12.9. The average molecular weight is 521 g/mol. The fourth-order valence-corrected chi connectivity index (χ4v) is 5.75. The molecule has 0 bridgehead atoms. The Bertz CT molecular complexity index is 1390. The Labute approximate surface area is 225 Å². The van der Waals surface area contributed by atoms with Gasteiger partial charge in [-0.3, -0.25) is 18.9 Å². The first-order valence-corrected chi connectivity index (χ1v) is 12.9. The smallest absolute Gasteiger partial charge is 0.258 e. The molecule has 2 aromatic heterocycles. The second-order valence-corrected chi connectivity index (χ2v) is 11.1. The van der Waals surface area contributed by atoms with Crippen LogP contribution in [-0.2, 0) is 13.2 Å². The number of piperidine rings is 1. The summed E-state index contributed by atoms with van der Waals surface area (Å²) in [7, 11) is 0. The minimum absolute atomic E-state index is 0. The van der Waals surface area contributed by atoms with Crippen molar-refractivity contribution in [3.8, 4) is 11.4 Å². The molecule has 0 spiro atoms. The van der Waals surface area contributed by atoms with Crippen LogP contribution in [0.15, 0.2) is 77.9 Å². The Hall–Kier alpha value is -3.09. The maximum atomic E-state index is 12.8. The van der Waals surface area contributed by atoms with E-state index in [2.05, 4.69) is 48.4 Å². The van der Waals surface area contributed by atoms with E-state index in [1.165, 1.54) is 19.3 Å². The van der Waals surface area contributed by atoms with Crippen molar-refractivity contribution in [1.29, 1.82) is 0 Å². The van der Waals surface area contributed by atoms with Crippen molar-refractivity contribution in [2.24, 2.45) is 0 Å². The van der Waals surface area contributed by atoms with Gasteiger partial charge in [-0.2, -0.15) is 5.10 Å². The van der Waals surface area contributed by atoms with Crippen LogP contribution in [0.4, 0.5) is 0 Å². The third kappa shape index (κ3) is 5.76. The standard InChI is InChI=1S/C30H36N4O2.ClH/c1-29(2)14-8-15-30(3,4)34(29)18-17-33-27-12-11-25(19-24(27)21-31-33)32-16-13-26(20-28(32)35)36-22-23-9-6-5-7-10-23;/h5-7,9-13,16,19-21H,8,14-15,17-18,22H2,1-4H3;1H. The van der Waals surface area contributed by atoms with Gasteiger partial charge in [0.15, 0.2) is 0 Å². The SMILES string of the molecule is CC1(C)CCCC(C)(C)N1CCn1ncc2cc(-n3ccc(OCc4ccccc4)cc3=O)ccc21.Cl. The molecular formula is C30H37ClN4O2. The highest BCUT2D eigenvalue weighted by Gasteiger charge is 2.40. The summed E-state index contributed by atoms with van der Waals surface area (Å²) in [5.74, 6) is 0.567. The summed E-state index contributed by atoms with van der Waals surface area (Å²) < 4.78 is 9.54. The molecule has 5 rings (SSSR count). The number of pyridine rings is 1. The van der Waals surface area contributed by atoms with Crippen molar-refractivity contribution in [3.63, 3.8) is 0 Å². The molecule has 0 saturated carbocycles. The number of nitrogens with zero attached hydrogens (tertiary/aromatic N) is 4. The summed E-state index contributed by atoms with van der Waals surface area (Å²) in [4.78, 5) is 15.5. The number of benzene rings is 2. The van der Waals surface area contributed by atoms with E-state index < -0.39 is 0 Å². The molecule has 1 saturated heterocycles. The Balaban J connectivity index is 0.00000320. The monoisotopic (exact) mass is 520 g/mol. The average Bonchev–Trinajstić information content (AvgIpc) is 3.24. The van der Waals surface area contributed by atoms with Crippen molar-refractivity contribution < 1.29 is 4.74 Å². The van der Waals surface area contributed by atoms with Crippen molar-refractivity contribution in [2.75, 3.05) is 6.54 Å². The summed E-state index contributed by atoms with van der Waals surface area (Å²) >= 11 is 0. The Morgan fingerprint density at radius 1 is 0.919 bits per heavy atom. The molecule has 2 aromatic carbocycles. The molecule has 0 radical (unpaired) electrons. The van der Waals surface area contributed by atoms with Crippen LogP contribution < -0.4 is 10.3 Å². The number of ether oxygens (including phenoxy) is 1. The van der Waals surface area contributed by atoms with Crippen molar-refractivity contribution >= 4 is 23.3 Å². The molecule has 0 amide bonds. The van der Waals surface area contributed by atoms with E-state index in [0.717, 1.165) is 35.2 Å². The van der Waals surface area contributed by atoms with E-state index >= 15 is 0 Å².